The Morgan fingerprint density at radius 2 is 1.19 bits per heavy atom. The van der Waals surface area contributed by atoms with E-state index >= 15 is 0 Å². The van der Waals surface area contributed by atoms with Crippen molar-refractivity contribution in [1.29, 1.82) is 0 Å². The number of carbonyl (C=O) groups excluding carboxylic acids is 1. The molecule has 3 aromatic carbocycles. The molecule has 0 saturated carbocycles. The van der Waals surface area contributed by atoms with Crippen molar-refractivity contribution in [3.63, 3.8) is 0 Å². The van der Waals surface area contributed by atoms with E-state index in [1.807, 2.05) is 54.4 Å². The second-order valence-corrected chi connectivity index (χ2v) is 8.14. The fraction of sp³-hybridized carbons (Fsp3) is 0.296. The van der Waals surface area contributed by atoms with Gasteiger partial charge in [-0.2, -0.15) is 0 Å². The number of nitrogens with zero attached hydrogens (tertiary/aromatic N) is 2. The molecule has 1 atom stereocenters. The van der Waals surface area contributed by atoms with E-state index in [4.69, 9.17) is 0 Å². The van der Waals surface area contributed by atoms with Gasteiger partial charge in [-0.15, -0.1) is 12.4 Å². The summed E-state index contributed by atoms with van der Waals surface area (Å²) in [7, 11) is 1.97. The molecule has 0 spiro atoms. The third kappa shape index (κ3) is 5.55. The Labute approximate surface area is 192 Å². The van der Waals surface area contributed by atoms with Gasteiger partial charge in [-0.25, -0.2) is 0 Å². The Hall–Kier alpha value is -2.62. The van der Waals surface area contributed by atoms with Gasteiger partial charge >= 0.3 is 0 Å². The molecule has 0 radical (unpaired) electrons. The molecule has 1 amide bonds. The molecular formula is C27H31ClN2O. The zero-order valence-corrected chi connectivity index (χ0v) is 18.9. The van der Waals surface area contributed by atoms with Crippen molar-refractivity contribution in [2.45, 2.75) is 24.8 Å². The van der Waals surface area contributed by atoms with Crippen LogP contribution in [0.1, 0.15) is 41.5 Å². The Kier molecular flexibility index (Phi) is 8.27. The lowest BCUT2D eigenvalue weighted by molar-refractivity contribution is -0.133. The summed E-state index contributed by atoms with van der Waals surface area (Å²) in [5, 5.41) is 0. The molecule has 1 saturated heterocycles. The highest BCUT2D eigenvalue weighted by Crippen LogP contribution is 2.31. The van der Waals surface area contributed by atoms with Gasteiger partial charge in [0.05, 0.1) is 12.0 Å². The lowest BCUT2D eigenvalue weighted by atomic mass is 9.89. The van der Waals surface area contributed by atoms with Crippen molar-refractivity contribution in [3.8, 4) is 0 Å². The SMILES string of the molecule is CN(C(=O)C(c1ccccc1)c1ccccc1)[C@@H](CN1CCCC1)c1ccccc1.Cl. The van der Waals surface area contributed by atoms with Crippen LogP contribution in [0.5, 0.6) is 0 Å². The summed E-state index contributed by atoms with van der Waals surface area (Å²) >= 11 is 0. The molecule has 3 aromatic rings. The standard InChI is InChI=1S/C27H30N2O.ClH/c1-28(25(21-29-19-11-12-20-29)22-13-5-2-6-14-22)27(30)26(23-15-7-3-8-16-23)24-17-9-4-10-18-24;/h2-10,13-18,25-26H,11-12,19-21H2,1H3;1H/t25-;/m0./s1. The van der Waals surface area contributed by atoms with E-state index in [0.717, 1.165) is 30.8 Å². The van der Waals surface area contributed by atoms with Crippen molar-refractivity contribution < 1.29 is 4.79 Å². The van der Waals surface area contributed by atoms with Gasteiger partial charge in [0.1, 0.15) is 0 Å². The summed E-state index contributed by atoms with van der Waals surface area (Å²) in [4.78, 5) is 18.4. The predicted octanol–water partition coefficient (Wildman–Crippen LogP) is 5.54. The molecule has 0 aliphatic carbocycles. The number of carbonyl (C=O) groups is 1. The second kappa shape index (κ2) is 11.1. The van der Waals surface area contributed by atoms with E-state index in [-0.39, 0.29) is 30.3 Å². The van der Waals surface area contributed by atoms with Crippen LogP contribution >= 0.6 is 12.4 Å². The van der Waals surface area contributed by atoms with Crippen LogP contribution in [0.2, 0.25) is 0 Å². The first kappa shape index (κ1) is 23.1. The molecule has 1 heterocycles. The number of benzene rings is 3. The first-order valence-corrected chi connectivity index (χ1v) is 10.9. The number of hydrogen-bond acceptors (Lipinski definition) is 2. The van der Waals surface area contributed by atoms with E-state index in [9.17, 15) is 4.79 Å². The van der Waals surface area contributed by atoms with Crippen LogP contribution in [-0.2, 0) is 4.79 Å². The van der Waals surface area contributed by atoms with Crippen LogP contribution in [0.4, 0.5) is 0 Å². The number of hydrogen-bond donors (Lipinski definition) is 0. The van der Waals surface area contributed by atoms with E-state index in [1.165, 1.54) is 18.4 Å². The normalized spacial score (nSPS) is 14.8. The maximum Gasteiger partial charge on any atom is 0.234 e. The maximum absolute atomic E-state index is 13.9. The molecule has 31 heavy (non-hydrogen) atoms. The second-order valence-electron chi connectivity index (χ2n) is 8.14. The molecule has 162 valence electrons. The van der Waals surface area contributed by atoms with Crippen molar-refractivity contribution in [2.24, 2.45) is 0 Å². The molecule has 0 unspecified atom stereocenters. The van der Waals surface area contributed by atoms with Crippen LogP contribution in [0, 0.1) is 0 Å². The largest absolute Gasteiger partial charge is 0.337 e. The van der Waals surface area contributed by atoms with Gasteiger partial charge in [0.25, 0.3) is 0 Å². The third-order valence-electron chi connectivity index (χ3n) is 6.14. The monoisotopic (exact) mass is 434 g/mol. The van der Waals surface area contributed by atoms with Crippen LogP contribution in [0.3, 0.4) is 0 Å². The molecule has 4 rings (SSSR count). The van der Waals surface area contributed by atoms with Gasteiger partial charge in [-0.1, -0.05) is 91.0 Å². The fourth-order valence-electron chi connectivity index (χ4n) is 4.46. The van der Waals surface area contributed by atoms with Crippen LogP contribution in [-0.4, -0.2) is 42.4 Å². The molecule has 1 fully saturated rings. The molecule has 1 aliphatic heterocycles. The van der Waals surface area contributed by atoms with Gasteiger partial charge in [0.2, 0.25) is 5.91 Å². The fourth-order valence-corrected chi connectivity index (χ4v) is 4.46. The highest BCUT2D eigenvalue weighted by atomic mass is 35.5. The minimum absolute atomic E-state index is 0. The summed E-state index contributed by atoms with van der Waals surface area (Å²) < 4.78 is 0. The van der Waals surface area contributed by atoms with E-state index < -0.39 is 0 Å². The molecule has 0 bridgehead atoms. The smallest absolute Gasteiger partial charge is 0.234 e. The third-order valence-corrected chi connectivity index (χ3v) is 6.14. The van der Waals surface area contributed by atoms with E-state index in [2.05, 4.69) is 53.4 Å². The van der Waals surface area contributed by atoms with E-state index in [0.29, 0.717) is 0 Å². The number of halogens is 1. The maximum atomic E-state index is 13.9. The summed E-state index contributed by atoms with van der Waals surface area (Å²) in [6, 6.07) is 30.8. The van der Waals surface area contributed by atoms with Crippen LogP contribution < -0.4 is 0 Å². The summed E-state index contributed by atoms with van der Waals surface area (Å²) in [6.07, 6.45) is 2.49. The highest BCUT2D eigenvalue weighted by molar-refractivity contribution is 5.87. The van der Waals surface area contributed by atoms with Gasteiger partial charge in [0, 0.05) is 13.6 Å². The van der Waals surface area contributed by atoms with Crippen LogP contribution in [0.25, 0.3) is 0 Å². The number of likely N-dealkylation sites (N-methyl/N-ethyl adjacent to an activating group) is 1. The first-order valence-electron chi connectivity index (χ1n) is 10.9. The zero-order valence-electron chi connectivity index (χ0n) is 18.1. The number of rotatable bonds is 7. The van der Waals surface area contributed by atoms with Gasteiger partial charge in [-0.05, 0) is 42.6 Å². The molecule has 0 N–H and O–H groups in total. The van der Waals surface area contributed by atoms with E-state index in [1.54, 1.807) is 0 Å². The number of amides is 1. The molecular weight excluding hydrogens is 404 g/mol. The van der Waals surface area contributed by atoms with Crippen molar-refractivity contribution in [3.05, 3.63) is 108 Å². The number of likely N-dealkylation sites (tertiary alicyclic amines) is 1. The Morgan fingerprint density at radius 1 is 0.774 bits per heavy atom. The van der Waals surface area contributed by atoms with Crippen molar-refractivity contribution >= 4 is 18.3 Å². The minimum Gasteiger partial charge on any atom is -0.337 e. The Balaban J connectivity index is 0.00000272. The summed E-state index contributed by atoms with van der Waals surface area (Å²) in [5.74, 6) is -0.164. The molecule has 0 aromatic heterocycles. The van der Waals surface area contributed by atoms with Gasteiger partial charge in [-0.3, -0.25) is 4.79 Å². The topological polar surface area (TPSA) is 23.6 Å². The van der Waals surface area contributed by atoms with Gasteiger partial charge in [0.15, 0.2) is 0 Å². The van der Waals surface area contributed by atoms with Crippen LogP contribution in [0.15, 0.2) is 91.0 Å². The molecule has 3 nitrogen and oxygen atoms in total. The Bertz CT molecular complexity index is 888. The molecule has 1 aliphatic rings. The predicted molar refractivity (Wildman–Crippen MR) is 130 cm³/mol. The summed E-state index contributed by atoms with van der Waals surface area (Å²) in [6.45, 7) is 3.11. The summed E-state index contributed by atoms with van der Waals surface area (Å²) in [5.41, 5.74) is 3.27. The first-order chi connectivity index (χ1) is 14.7. The Morgan fingerprint density at radius 3 is 1.65 bits per heavy atom. The molecule has 4 heteroatoms. The average Bonchev–Trinajstić information content (AvgIpc) is 3.32. The minimum atomic E-state index is -0.304. The zero-order chi connectivity index (χ0) is 20.8. The van der Waals surface area contributed by atoms with Gasteiger partial charge < -0.3 is 9.80 Å². The average molecular weight is 435 g/mol. The van der Waals surface area contributed by atoms with Crippen molar-refractivity contribution in [2.75, 3.05) is 26.7 Å². The quantitative estimate of drug-likeness (QED) is 0.487. The lowest BCUT2D eigenvalue weighted by Crippen LogP contribution is -2.40. The van der Waals surface area contributed by atoms with Crippen molar-refractivity contribution in [1.82, 2.24) is 9.80 Å². The highest BCUT2D eigenvalue weighted by Gasteiger charge is 2.31. The lowest BCUT2D eigenvalue weighted by Gasteiger charge is -2.34.